The van der Waals surface area contributed by atoms with Crippen LogP contribution in [0.2, 0.25) is 0 Å². The fraction of sp³-hybridized carbons (Fsp3) is 0.421. The zero-order chi connectivity index (χ0) is 18.8. The van der Waals surface area contributed by atoms with Crippen LogP contribution in [0.3, 0.4) is 0 Å². The maximum Gasteiger partial charge on any atom is 0.277 e. The first kappa shape index (κ1) is 18.2. The van der Waals surface area contributed by atoms with Crippen LogP contribution in [0.4, 0.5) is 5.69 Å². The van der Waals surface area contributed by atoms with Crippen LogP contribution >= 0.6 is 15.9 Å². The third-order valence-corrected chi connectivity index (χ3v) is 5.55. The minimum Gasteiger partial charge on any atom is -0.360 e. The molecule has 1 saturated heterocycles. The number of halogens is 1. The summed E-state index contributed by atoms with van der Waals surface area (Å²) < 4.78 is 5.86. The van der Waals surface area contributed by atoms with E-state index in [0.717, 1.165) is 44.5 Å². The van der Waals surface area contributed by atoms with Crippen LogP contribution in [0.25, 0.3) is 0 Å². The van der Waals surface area contributed by atoms with Crippen LogP contribution in [0.15, 0.2) is 33.3 Å². The lowest BCUT2D eigenvalue weighted by atomic mass is 10.1. The smallest absolute Gasteiger partial charge is 0.277 e. The maximum absolute atomic E-state index is 12.4. The van der Waals surface area contributed by atoms with Crippen molar-refractivity contribution in [1.82, 2.24) is 15.8 Å². The second-order valence-electron chi connectivity index (χ2n) is 7.04. The Morgan fingerprint density at radius 2 is 1.89 bits per heavy atom. The summed E-state index contributed by atoms with van der Waals surface area (Å²) in [6, 6.07) is 7.02. The predicted molar refractivity (Wildman–Crippen MR) is 104 cm³/mol. The highest BCUT2D eigenvalue weighted by molar-refractivity contribution is 9.10. The quantitative estimate of drug-likeness (QED) is 0.674. The number of carbonyl (C=O) groups is 2. The molecule has 2 fully saturated rings. The molecule has 0 radical (unpaired) electrons. The van der Waals surface area contributed by atoms with E-state index in [4.69, 9.17) is 4.52 Å². The Bertz CT molecular complexity index is 856. The second kappa shape index (κ2) is 7.82. The van der Waals surface area contributed by atoms with Gasteiger partial charge in [-0.3, -0.25) is 9.59 Å². The third-order valence-electron chi connectivity index (χ3n) is 4.89. The topological polar surface area (TPSA) is 96.3 Å². The van der Waals surface area contributed by atoms with Crippen molar-refractivity contribution in [3.05, 3.63) is 45.8 Å². The van der Waals surface area contributed by atoms with Gasteiger partial charge in [-0.25, -0.2) is 0 Å². The Labute approximate surface area is 165 Å². The van der Waals surface area contributed by atoms with Gasteiger partial charge in [0.05, 0.1) is 5.69 Å². The molecule has 1 saturated carbocycles. The molecule has 2 heterocycles. The number of anilines is 1. The van der Waals surface area contributed by atoms with Crippen molar-refractivity contribution in [3.63, 3.8) is 0 Å². The minimum absolute atomic E-state index is 0.106. The van der Waals surface area contributed by atoms with Crippen LogP contribution in [0.5, 0.6) is 0 Å². The first-order valence-electron chi connectivity index (χ1n) is 9.19. The van der Waals surface area contributed by atoms with Gasteiger partial charge in [0.25, 0.3) is 11.8 Å². The van der Waals surface area contributed by atoms with Crippen molar-refractivity contribution in [3.8, 4) is 0 Å². The molecule has 27 heavy (non-hydrogen) atoms. The molecule has 3 N–H and O–H groups in total. The van der Waals surface area contributed by atoms with Gasteiger partial charge in [0, 0.05) is 28.1 Å². The second-order valence-corrected chi connectivity index (χ2v) is 7.89. The number of rotatable bonds is 5. The Morgan fingerprint density at radius 1 is 1.11 bits per heavy atom. The van der Waals surface area contributed by atoms with Crippen molar-refractivity contribution < 1.29 is 14.1 Å². The SMILES string of the molecule is O=C(NC1CCNCC1)c1ccc(NC(=O)c2cc(C3CC3)on2)c(Br)c1. The highest BCUT2D eigenvalue weighted by Gasteiger charge is 2.29. The van der Waals surface area contributed by atoms with Gasteiger partial charge in [0.15, 0.2) is 5.69 Å². The number of amides is 2. The Hall–Kier alpha value is -2.19. The molecule has 0 bridgehead atoms. The van der Waals surface area contributed by atoms with Crippen LogP contribution in [0.1, 0.15) is 58.2 Å². The normalized spacial score (nSPS) is 17.5. The number of aromatic nitrogens is 1. The monoisotopic (exact) mass is 432 g/mol. The van der Waals surface area contributed by atoms with Crippen LogP contribution < -0.4 is 16.0 Å². The lowest BCUT2D eigenvalue weighted by Crippen LogP contribution is -2.42. The number of carbonyl (C=O) groups excluding carboxylic acids is 2. The summed E-state index contributed by atoms with van der Waals surface area (Å²) in [4.78, 5) is 24.8. The fourth-order valence-corrected chi connectivity index (χ4v) is 3.61. The van der Waals surface area contributed by atoms with E-state index in [9.17, 15) is 9.59 Å². The highest BCUT2D eigenvalue weighted by atomic mass is 79.9. The van der Waals surface area contributed by atoms with Crippen molar-refractivity contribution in [2.24, 2.45) is 0 Å². The largest absolute Gasteiger partial charge is 0.360 e. The molecule has 4 rings (SSSR count). The molecule has 2 aliphatic rings. The van der Waals surface area contributed by atoms with Crippen molar-refractivity contribution >= 4 is 33.4 Å². The molecule has 1 aromatic heterocycles. The van der Waals surface area contributed by atoms with Crippen LogP contribution in [0, 0.1) is 0 Å². The lowest BCUT2D eigenvalue weighted by molar-refractivity contribution is 0.0929. The highest BCUT2D eigenvalue weighted by Crippen LogP contribution is 2.40. The van der Waals surface area contributed by atoms with E-state index < -0.39 is 0 Å². The summed E-state index contributed by atoms with van der Waals surface area (Å²) in [7, 11) is 0. The Balaban J connectivity index is 1.39. The van der Waals surface area contributed by atoms with Gasteiger partial charge >= 0.3 is 0 Å². The molecular formula is C19H21BrN4O3. The van der Waals surface area contributed by atoms with Crippen LogP contribution in [-0.4, -0.2) is 36.1 Å². The summed E-state index contributed by atoms with van der Waals surface area (Å²) >= 11 is 3.43. The van der Waals surface area contributed by atoms with Crippen molar-refractivity contribution in [1.29, 1.82) is 0 Å². The number of nitrogens with zero attached hydrogens (tertiary/aromatic N) is 1. The van der Waals surface area contributed by atoms with E-state index >= 15 is 0 Å². The summed E-state index contributed by atoms with van der Waals surface area (Å²) in [5.74, 6) is 0.733. The number of hydrogen-bond donors (Lipinski definition) is 3. The first-order valence-corrected chi connectivity index (χ1v) is 9.98. The van der Waals surface area contributed by atoms with Gasteiger partial charge < -0.3 is 20.5 Å². The molecule has 1 aliphatic carbocycles. The zero-order valence-corrected chi connectivity index (χ0v) is 16.3. The Morgan fingerprint density at radius 3 is 2.59 bits per heavy atom. The van der Waals surface area contributed by atoms with Gasteiger partial charge in [-0.1, -0.05) is 5.16 Å². The number of hydrogen-bond acceptors (Lipinski definition) is 5. The van der Waals surface area contributed by atoms with E-state index in [2.05, 4.69) is 37.0 Å². The molecule has 142 valence electrons. The predicted octanol–water partition coefficient (Wildman–Crippen LogP) is 3.05. The van der Waals surface area contributed by atoms with Gasteiger partial charge in [-0.2, -0.15) is 0 Å². The summed E-state index contributed by atoms with van der Waals surface area (Å²) in [5, 5.41) is 13.0. The molecule has 0 atom stereocenters. The molecule has 2 aromatic rings. The third kappa shape index (κ3) is 4.39. The van der Waals surface area contributed by atoms with Gasteiger partial charge in [0.2, 0.25) is 0 Å². The van der Waals surface area contributed by atoms with E-state index in [-0.39, 0.29) is 23.6 Å². The number of piperidine rings is 1. The number of nitrogens with one attached hydrogen (secondary N) is 3. The van der Waals surface area contributed by atoms with Gasteiger partial charge in [0.1, 0.15) is 5.76 Å². The molecule has 7 nitrogen and oxygen atoms in total. The van der Waals surface area contributed by atoms with Gasteiger partial charge in [-0.15, -0.1) is 0 Å². The molecule has 0 spiro atoms. The number of benzene rings is 1. The Kier molecular flexibility index (Phi) is 5.27. The van der Waals surface area contributed by atoms with E-state index in [1.54, 1.807) is 24.3 Å². The fourth-order valence-electron chi connectivity index (χ4n) is 3.14. The molecule has 8 heteroatoms. The van der Waals surface area contributed by atoms with Crippen molar-refractivity contribution in [2.45, 2.75) is 37.6 Å². The molecule has 1 aromatic carbocycles. The van der Waals surface area contributed by atoms with E-state index in [0.29, 0.717) is 21.6 Å². The molecular weight excluding hydrogens is 412 g/mol. The minimum atomic E-state index is -0.335. The van der Waals surface area contributed by atoms with Crippen molar-refractivity contribution in [2.75, 3.05) is 18.4 Å². The maximum atomic E-state index is 12.4. The first-order chi connectivity index (χ1) is 13.1. The molecule has 1 aliphatic heterocycles. The molecule has 0 unspecified atom stereocenters. The van der Waals surface area contributed by atoms with E-state index in [1.165, 1.54) is 0 Å². The molecule has 2 amide bonds. The average Bonchev–Trinajstić information content (AvgIpc) is 3.40. The standard InChI is InChI=1S/C19H21BrN4O3/c20-14-9-12(18(25)22-13-5-7-21-8-6-13)3-4-15(14)23-19(26)16-10-17(27-24-16)11-1-2-11/h3-4,9-11,13,21H,1-2,5-8H2,(H,22,25)(H,23,26). The van der Waals surface area contributed by atoms with Crippen LogP contribution in [-0.2, 0) is 0 Å². The average molecular weight is 433 g/mol. The van der Waals surface area contributed by atoms with Gasteiger partial charge in [-0.05, 0) is 72.9 Å². The zero-order valence-electron chi connectivity index (χ0n) is 14.8. The lowest BCUT2D eigenvalue weighted by Gasteiger charge is -2.23. The summed E-state index contributed by atoms with van der Waals surface area (Å²) in [5.41, 5.74) is 1.39. The summed E-state index contributed by atoms with van der Waals surface area (Å²) in [6.07, 6.45) is 4.04. The van der Waals surface area contributed by atoms with E-state index in [1.807, 2.05) is 0 Å². The summed E-state index contributed by atoms with van der Waals surface area (Å²) in [6.45, 7) is 1.84.